The van der Waals surface area contributed by atoms with E-state index >= 15 is 0 Å². The average molecular weight is 508 g/mol. The molecule has 0 aromatic heterocycles. The number of anilines is 1. The first kappa shape index (κ1) is 25.9. The molecule has 8 heteroatoms. The molecule has 7 nitrogen and oxygen atoms in total. The molecular formula is C28H29NO6S. The number of carboxylic acids is 1. The van der Waals surface area contributed by atoms with Crippen LogP contribution in [0.2, 0.25) is 0 Å². The summed E-state index contributed by atoms with van der Waals surface area (Å²) in [4.78, 5) is 23.8. The van der Waals surface area contributed by atoms with Crippen molar-refractivity contribution in [3.63, 3.8) is 0 Å². The first-order chi connectivity index (χ1) is 17.5. The van der Waals surface area contributed by atoms with Crippen molar-refractivity contribution in [1.82, 2.24) is 0 Å². The Labute approximate surface area is 214 Å². The van der Waals surface area contributed by atoms with Crippen molar-refractivity contribution in [3.8, 4) is 0 Å². The highest BCUT2D eigenvalue weighted by Crippen LogP contribution is 2.39. The third-order valence-corrected chi connectivity index (χ3v) is 6.97. The molecule has 1 saturated heterocycles. The molecule has 36 heavy (non-hydrogen) atoms. The number of aliphatic hydroxyl groups is 1. The Balaban J connectivity index is 1.46. The number of aliphatic carboxylic acids is 1. The van der Waals surface area contributed by atoms with Crippen LogP contribution in [0, 0.1) is 0 Å². The molecule has 0 aliphatic carbocycles. The van der Waals surface area contributed by atoms with Crippen LogP contribution in [0.15, 0.2) is 83.8 Å². The molecule has 1 fully saturated rings. The van der Waals surface area contributed by atoms with Gasteiger partial charge in [-0.1, -0.05) is 54.6 Å². The minimum absolute atomic E-state index is 0.00687. The summed E-state index contributed by atoms with van der Waals surface area (Å²) in [5.41, 5.74) is 3.28. The SMILES string of the molecule is O=C(O)CCC(=O)Nc1ccc([C@H]2O[C@@H](CSc3ccccc3)C[C@@H](c3ccc(CO)cc3)O2)cc1. The average Bonchev–Trinajstić information content (AvgIpc) is 2.91. The maximum atomic E-state index is 11.9. The summed E-state index contributed by atoms with van der Waals surface area (Å²) in [5.74, 6) is -0.584. The topological polar surface area (TPSA) is 105 Å². The zero-order chi connectivity index (χ0) is 25.3. The smallest absolute Gasteiger partial charge is 0.303 e. The second kappa shape index (κ2) is 12.7. The Kier molecular flexibility index (Phi) is 9.13. The molecule has 3 N–H and O–H groups in total. The maximum Gasteiger partial charge on any atom is 0.303 e. The van der Waals surface area contributed by atoms with E-state index in [1.165, 1.54) is 4.90 Å². The van der Waals surface area contributed by atoms with Crippen LogP contribution in [-0.4, -0.2) is 33.9 Å². The van der Waals surface area contributed by atoms with Crippen LogP contribution in [0.1, 0.15) is 48.3 Å². The number of rotatable bonds is 10. The van der Waals surface area contributed by atoms with E-state index in [2.05, 4.69) is 17.4 Å². The number of ether oxygens (including phenoxy) is 2. The molecule has 3 atom stereocenters. The monoisotopic (exact) mass is 507 g/mol. The van der Waals surface area contributed by atoms with E-state index in [0.29, 0.717) is 12.1 Å². The Morgan fingerprint density at radius 1 is 0.889 bits per heavy atom. The molecule has 0 radical (unpaired) electrons. The number of carbonyl (C=O) groups is 2. The lowest BCUT2D eigenvalue weighted by Gasteiger charge is -2.36. The normalized spacial score (nSPS) is 19.5. The maximum absolute atomic E-state index is 11.9. The predicted octanol–water partition coefficient (Wildman–Crippen LogP) is 5.32. The number of benzene rings is 3. The van der Waals surface area contributed by atoms with Gasteiger partial charge in [-0.05, 0) is 35.4 Å². The molecule has 188 valence electrons. The summed E-state index contributed by atoms with van der Waals surface area (Å²) in [5, 5.41) is 20.8. The van der Waals surface area contributed by atoms with Gasteiger partial charge in [-0.25, -0.2) is 0 Å². The fourth-order valence-corrected chi connectivity index (χ4v) is 4.84. The van der Waals surface area contributed by atoms with Crippen molar-refractivity contribution >= 4 is 29.3 Å². The third-order valence-electron chi connectivity index (χ3n) is 5.83. The number of aliphatic hydroxyl groups excluding tert-OH is 1. The van der Waals surface area contributed by atoms with Crippen LogP contribution in [0.5, 0.6) is 0 Å². The van der Waals surface area contributed by atoms with E-state index in [4.69, 9.17) is 14.6 Å². The molecular weight excluding hydrogens is 478 g/mol. The van der Waals surface area contributed by atoms with Gasteiger partial charge in [0.1, 0.15) is 0 Å². The second-order valence-electron chi connectivity index (χ2n) is 8.54. The van der Waals surface area contributed by atoms with Crippen LogP contribution in [0.3, 0.4) is 0 Å². The number of carboxylic acid groups (broad SMARTS) is 1. The van der Waals surface area contributed by atoms with Gasteiger partial charge < -0.3 is 25.0 Å². The zero-order valence-electron chi connectivity index (χ0n) is 19.7. The molecule has 0 spiro atoms. The van der Waals surface area contributed by atoms with Gasteiger partial charge in [0, 0.05) is 34.7 Å². The van der Waals surface area contributed by atoms with Crippen molar-refractivity contribution < 1.29 is 29.3 Å². The molecule has 1 aliphatic rings. The molecule has 1 heterocycles. The largest absolute Gasteiger partial charge is 0.481 e. The van der Waals surface area contributed by atoms with E-state index in [0.717, 1.165) is 22.4 Å². The Bertz CT molecular complexity index is 1140. The number of amides is 1. The summed E-state index contributed by atoms with van der Waals surface area (Å²) in [6, 6.07) is 25.2. The number of carbonyl (C=O) groups excluding carboxylic acids is 1. The molecule has 4 rings (SSSR count). The zero-order valence-corrected chi connectivity index (χ0v) is 20.5. The number of hydrogen-bond acceptors (Lipinski definition) is 6. The predicted molar refractivity (Wildman–Crippen MR) is 138 cm³/mol. The van der Waals surface area contributed by atoms with E-state index in [-0.39, 0.29) is 37.6 Å². The summed E-state index contributed by atoms with van der Waals surface area (Å²) in [6.07, 6.45) is -0.397. The van der Waals surface area contributed by atoms with Crippen LogP contribution in [0.25, 0.3) is 0 Å². The number of nitrogens with one attached hydrogen (secondary N) is 1. The lowest BCUT2D eigenvalue weighted by Crippen LogP contribution is -2.31. The first-order valence-corrected chi connectivity index (χ1v) is 12.8. The Morgan fingerprint density at radius 3 is 2.25 bits per heavy atom. The lowest BCUT2D eigenvalue weighted by atomic mass is 10.0. The van der Waals surface area contributed by atoms with Crippen LogP contribution < -0.4 is 5.32 Å². The van der Waals surface area contributed by atoms with Gasteiger partial charge in [0.15, 0.2) is 6.29 Å². The fourth-order valence-electron chi connectivity index (χ4n) is 3.90. The summed E-state index contributed by atoms with van der Waals surface area (Å²) < 4.78 is 12.7. The summed E-state index contributed by atoms with van der Waals surface area (Å²) >= 11 is 1.74. The number of thioether (sulfide) groups is 1. The van der Waals surface area contributed by atoms with Crippen LogP contribution in [-0.2, 0) is 25.7 Å². The summed E-state index contributed by atoms with van der Waals surface area (Å²) in [6.45, 7) is -0.00687. The highest BCUT2D eigenvalue weighted by Gasteiger charge is 2.32. The van der Waals surface area contributed by atoms with Gasteiger partial charge in [0.2, 0.25) is 5.91 Å². The Morgan fingerprint density at radius 2 is 1.58 bits per heavy atom. The standard InChI is InChI=1S/C28H29NO6S/c30-17-19-6-8-20(9-7-19)25-16-23(18-36-24-4-2-1-3-5-24)34-28(35-25)21-10-12-22(13-11-21)29-26(31)14-15-27(32)33/h1-13,23,25,28,30H,14-18H2,(H,29,31)(H,32,33)/t23-,25+,28+/m1/s1. The fraction of sp³-hybridized carbons (Fsp3) is 0.286. The van der Waals surface area contributed by atoms with Crippen molar-refractivity contribution in [2.24, 2.45) is 0 Å². The van der Waals surface area contributed by atoms with Crippen molar-refractivity contribution in [2.75, 3.05) is 11.1 Å². The first-order valence-electron chi connectivity index (χ1n) is 11.8. The quantitative estimate of drug-likeness (QED) is 0.319. The lowest BCUT2D eigenvalue weighted by molar-refractivity contribution is -0.245. The van der Waals surface area contributed by atoms with E-state index in [9.17, 15) is 14.7 Å². The molecule has 0 saturated carbocycles. The van der Waals surface area contributed by atoms with Gasteiger partial charge in [0.25, 0.3) is 0 Å². The minimum atomic E-state index is -1.01. The van der Waals surface area contributed by atoms with Gasteiger partial charge in [-0.2, -0.15) is 0 Å². The molecule has 0 bridgehead atoms. The van der Waals surface area contributed by atoms with E-state index < -0.39 is 12.3 Å². The van der Waals surface area contributed by atoms with Gasteiger partial charge in [-0.15, -0.1) is 11.8 Å². The van der Waals surface area contributed by atoms with Crippen LogP contribution in [0.4, 0.5) is 5.69 Å². The molecule has 1 aliphatic heterocycles. The second-order valence-corrected chi connectivity index (χ2v) is 9.63. The Hall–Kier alpha value is -3.17. The van der Waals surface area contributed by atoms with Gasteiger partial charge >= 0.3 is 5.97 Å². The van der Waals surface area contributed by atoms with E-state index in [1.54, 1.807) is 23.9 Å². The third kappa shape index (κ3) is 7.41. The van der Waals surface area contributed by atoms with Gasteiger partial charge in [-0.3, -0.25) is 9.59 Å². The molecule has 0 unspecified atom stereocenters. The van der Waals surface area contributed by atoms with Crippen molar-refractivity contribution in [2.45, 2.75) is 49.3 Å². The van der Waals surface area contributed by atoms with Crippen molar-refractivity contribution in [3.05, 3.63) is 95.6 Å². The summed E-state index contributed by atoms with van der Waals surface area (Å²) in [7, 11) is 0. The minimum Gasteiger partial charge on any atom is -0.481 e. The highest BCUT2D eigenvalue weighted by molar-refractivity contribution is 7.99. The van der Waals surface area contributed by atoms with Crippen LogP contribution >= 0.6 is 11.8 Å². The molecule has 1 amide bonds. The highest BCUT2D eigenvalue weighted by atomic mass is 32.2. The van der Waals surface area contributed by atoms with E-state index in [1.807, 2.05) is 54.6 Å². The molecule has 3 aromatic rings. The molecule has 3 aromatic carbocycles. The van der Waals surface area contributed by atoms with Crippen molar-refractivity contribution in [1.29, 1.82) is 0 Å². The number of hydrogen-bond donors (Lipinski definition) is 3. The van der Waals surface area contributed by atoms with Gasteiger partial charge in [0.05, 0.1) is 25.2 Å².